The molecule has 0 saturated carbocycles. The van der Waals surface area contributed by atoms with Crippen LogP contribution in [0.3, 0.4) is 0 Å². The molecule has 0 aliphatic carbocycles. The topological polar surface area (TPSA) is 71.3 Å². The summed E-state index contributed by atoms with van der Waals surface area (Å²) in [5.74, 6) is -0.360. The van der Waals surface area contributed by atoms with Gasteiger partial charge in [-0.25, -0.2) is 5.01 Å². The third-order valence-electron chi connectivity index (χ3n) is 2.48. The van der Waals surface area contributed by atoms with E-state index < -0.39 is 0 Å². The number of hydrogen-bond acceptors (Lipinski definition) is 7. The number of nitrogens with zero attached hydrogens (tertiary/aromatic N) is 3. The Balaban J connectivity index is 1.97. The molecule has 8 heteroatoms. The third-order valence-corrected chi connectivity index (χ3v) is 4.59. The maximum atomic E-state index is 11.5. The number of amides is 1. The maximum Gasteiger partial charge on any atom is 0.319 e. The number of ether oxygens (including phenoxy) is 1. The largest absolute Gasteiger partial charge is 0.465 e. The first-order valence-corrected chi connectivity index (χ1v) is 7.78. The molecule has 0 saturated heterocycles. The van der Waals surface area contributed by atoms with Crippen molar-refractivity contribution in [3.8, 4) is 0 Å². The lowest BCUT2D eigenvalue weighted by Gasteiger charge is -2.09. The number of amidine groups is 1. The fourth-order valence-corrected chi connectivity index (χ4v) is 3.71. The number of aliphatic imine (C=N–C) groups is 1. The molecule has 19 heavy (non-hydrogen) atoms. The second-order valence-electron chi connectivity index (χ2n) is 3.99. The molecule has 0 bridgehead atoms. The number of rotatable bonds is 3. The zero-order chi connectivity index (χ0) is 13.8. The second kappa shape index (κ2) is 6.42. The van der Waals surface area contributed by atoms with Crippen LogP contribution in [0, 0.1) is 0 Å². The molecular weight excluding hydrogens is 286 g/mol. The monoisotopic (exact) mass is 301 g/mol. The molecule has 0 spiro atoms. The number of esters is 1. The van der Waals surface area contributed by atoms with Crippen LogP contribution in [0.2, 0.25) is 0 Å². The highest BCUT2D eigenvalue weighted by Crippen LogP contribution is 2.32. The molecule has 104 valence electrons. The van der Waals surface area contributed by atoms with Crippen molar-refractivity contribution in [3.63, 3.8) is 0 Å². The Morgan fingerprint density at radius 2 is 2.42 bits per heavy atom. The zero-order valence-corrected chi connectivity index (χ0v) is 12.4. The first-order valence-electron chi connectivity index (χ1n) is 6.09. The van der Waals surface area contributed by atoms with Crippen LogP contribution in [0.25, 0.3) is 0 Å². The van der Waals surface area contributed by atoms with E-state index in [2.05, 4.69) is 10.1 Å². The van der Waals surface area contributed by atoms with Crippen LogP contribution in [-0.2, 0) is 14.3 Å². The van der Waals surface area contributed by atoms with Crippen molar-refractivity contribution in [3.05, 3.63) is 0 Å². The van der Waals surface area contributed by atoms with E-state index in [1.807, 2.05) is 0 Å². The first kappa shape index (κ1) is 14.4. The first-order chi connectivity index (χ1) is 9.10. The normalized spacial score (nSPS) is 20.3. The van der Waals surface area contributed by atoms with E-state index >= 15 is 0 Å². The Bertz CT molecular complexity index is 450. The summed E-state index contributed by atoms with van der Waals surface area (Å²) in [6.45, 7) is 4.62. The van der Waals surface area contributed by atoms with Gasteiger partial charge in [-0.1, -0.05) is 11.8 Å². The molecule has 0 aromatic heterocycles. The summed E-state index contributed by atoms with van der Waals surface area (Å²) in [4.78, 5) is 26.9. The molecule has 2 heterocycles. The summed E-state index contributed by atoms with van der Waals surface area (Å²) >= 11 is 2.67. The quantitative estimate of drug-likeness (QED) is 0.738. The van der Waals surface area contributed by atoms with Gasteiger partial charge in [-0.05, 0) is 32.0 Å². The number of carbonyl (C=O) groups is 2. The molecule has 0 fully saturated rings. The Labute approximate surface area is 120 Å². The van der Waals surface area contributed by atoms with E-state index in [-0.39, 0.29) is 17.1 Å². The highest BCUT2D eigenvalue weighted by Gasteiger charge is 2.29. The molecule has 2 aliphatic rings. The van der Waals surface area contributed by atoms with E-state index in [0.717, 1.165) is 10.8 Å². The number of hydrogen-bond donors (Lipinski definition) is 0. The fraction of sp³-hybridized carbons (Fsp3) is 0.636. The molecule has 0 aromatic rings. The lowest BCUT2D eigenvalue weighted by molar-refractivity contribution is -0.142. The van der Waals surface area contributed by atoms with Gasteiger partial charge in [0.25, 0.3) is 0 Å². The maximum absolute atomic E-state index is 11.5. The highest BCUT2D eigenvalue weighted by atomic mass is 32.2. The second-order valence-corrected chi connectivity index (χ2v) is 6.54. The summed E-state index contributed by atoms with van der Waals surface area (Å²) in [6, 6.07) is 0. The average Bonchev–Trinajstić information content (AvgIpc) is 2.63. The molecule has 1 atom stereocenters. The van der Waals surface area contributed by atoms with Crippen LogP contribution in [0.15, 0.2) is 10.1 Å². The zero-order valence-electron chi connectivity index (χ0n) is 10.8. The highest BCUT2D eigenvalue weighted by molar-refractivity contribution is 8.45. The van der Waals surface area contributed by atoms with E-state index in [0.29, 0.717) is 24.7 Å². The van der Waals surface area contributed by atoms with Crippen LogP contribution < -0.4 is 0 Å². The fourth-order valence-electron chi connectivity index (χ4n) is 1.57. The van der Waals surface area contributed by atoms with Crippen LogP contribution in [-0.4, -0.2) is 44.8 Å². The molecule has 0 aromatic carbocycles. The van der Waals surface area contributed by atoms with Crippen molar-refractivity contribution < 1.29 is 14.3 Å². The molecule has 0 radical (unpaired) electrons. The van der Waals surface area contributed by atoms with Gasteiger partial charge in [0, 0.05) is 13.0 Å². The summed E-state index contributed by atoms with van der Waals surface area (Å²) in [5, 5.41) is 6.40. The van der Waals surface area contributed by atoms with Crippen LogP contribution in [0.4, 0.5) is 0 Å². The minimum atomic E-state index is -0.314. The Hall–Kier alpha value is -1.02. The molecule has 6 nitrogen and oxygen atoms in total. The third kappa shape index (κ3) is 3.73. The smallest absolute Gasteiger partial charge is 0.319 e. The predicted octanol–water partition coefficient (Wildman–Crippen LogP) is 1.67. The van der Waals surface area contributed by atoms with Crippen molar-refractivity contribution >= 4 is 44.9 Å². The van der Waals surface area contributed by atoms with Gasteiger partial charge < -0.3 is 4.74 Å². The standard InChI is InChI=1S/C11H15N3O3S2/c1-3-17-9(16)7(2)18-11-13-14-6-4-5-8(15)12-10(14)19-11/h7H,3-6H2,1-2H3. The molecular formula is C11H15N3O3S2. The molecule has 0 N–H and O–H groups in total. The van der Waals surface area contributed by atoms with Gasteiger partial charge in [-0.2, -0.15) is 10.1 Å². The van der Waals surface area contributed by atoms with Crippen molar-refractivity contribution in [1.82, 2.24) is 5.01 Å². The van der Waals surface area contributed by atoms with Crippen LogP contribution >= 0.6 is 23.5 Å². The Kier molecular flexibility index (Phi) is 4.87. The SMILES string of the molecule is CCOC(=O)C(C)SC1=NN2CCCC(=O)N=C2S1. The molecule has 1 unspecified atom stereocenters. The van der Waals surface area contributed by atoms with Crippen molar-refractivity contribution in [2.75, 3.05) is 13.2 Å². The van der Waals surface area contributed by atoms with E-state index in [9.17, 15) is 9.59 Å². The minimum absolute atomic E-state index is 0.107. The van der Waals surface area contributed by atoms with E-state index in [1.54, 1.807) is 18.9 Å². The van der Waals surface area contributed by atoms with Crippen molar-refractivity contribution in [2.24, 2.45) is 10.1 Å². The van der Waals surface area contributed by atoms with E-state index in [1.165, 1.54) is 23.5 Å². The minimum Gasteiger partial charge on any atom is -0.465 e. The van der Waals surface area contributed by atoms with Gasteiger partial charge in [0.15, 0.2) is 9.54 Å². The van der Waals surface area contributed by atoms with Crippen molar-refractivity contribution in [1.29, 1.82) is 0 Å². The van der Waals surface area contributed by atoms with Gasteiger partial charge in [0.05, 0.1) is 6.61 Å². The predicted molar refractivity (Wildman–Crippen MR) is 77.1 cm³/mol. The van der Waals surface area contributed by atoms with Gasteiger partial charge in [0.2, 0.25) is 5.91 Å². The van der Waals surface area contributed by atoms with Crippen LogP contribution in [0.1, 0.15) is 26.7 Å². The van der Waals surface area contributed by atoms with Crippen molar-refractivity contribution in [2.45, 2.75) is 31.9 Å². The molecule has 2 rings (SSSR count). The number of carbonyl (C=O) groups excluding carboxylic acids is 2. The van der Waals surface area contributed by atoms with Crippen LogP contribution in [0.5, 0.6) is 0 Å². The number of thioether (sulfide) groups is 2. The van der Waals surface area contributed by atoms with Gasteiger partial charge in [-0.15, -0.1) is 0 Å². The lowest BCUT2D eigenvalue weighted by Crippen LogP contribution is -2.18. The summed E-state index contributed by atoms with van der Waals surface area (Å²) in [5.41, 5.74) is 0. The van der Waals surface area contributed by atoms with Gasteiger partial charge in [-0.3, -0.25) is 9.59 Å². The average molecular weight is 301 g/mol. The number of fused-ring (bicyclic) bond motifs is 1. The van der Waals surface area contributed by atoms with Gasteiger partial charge in [0.1, 0.15) is 5.25 Å². The summed E-state index contributed by atoms with van der Waals surface area (Å²) in [7, 11) is 0. The Morgan fingerprint density at radius 3 is 3.16 bits per heavy atom. The van der Waals surface area contributed by atoms with Gasteiger partial charge >= 0.3 is 5.97 Å². The number of hydrazone groups is 1. The summed E-state index contributed by atoms with van der Waals surface area (Å²) < 4.78 is 5.68. The van der Waals surface area contributed by atoms with E-state index in [4.69, 9.17) is 4.74 Å². The summed E-state index contributed by atoms with van der Waals surface area (Å²) in [6.07, 6.45) is 1.22. The molecule has 1 amide bonds. The Morgan fingerprint density at radius 1 is 1.63 bits per heavy atom. The lowest BCUT2D eigenvalue weighted by atomic mass is 10.3. The molecule has 2 aliphatic heterocycles.